The van der Waals surface area contributed by atoms with E-state index in [1.54, 1.807) is 4.90 Å². The van der Waals surface area contributed by atoms with E-state index in [9.17, 15) is 9.59 Å². The van der Waals surface area contributed by atoms with E-state index in [2.05, 4.69) is 5.32 Å². The van der Waals surface area contributed by atoms with Gasteiger partial charge in [0.1, 0.15) is 25.6 Å². The van der Waals surface area contributed by atoms with E-state index in [1.807, 2.05) is 36.4 Å². The van der Waals surface area contributed by atoms with Gasteiger partial charge >= 0.3 is 0 Å². The minimum Gasteiger partial charge on any atom is -0.490 e. The molecule has 8 heteroatoms. The lowest BCUT2D eigenvalue weighted by molar-refractivity contribution is -0.125. The smallest absolute Gasteiger partial charge is 0.227 e. The summed E-state index contributed by atoms with van der Waals surface area (Å²) >= 11 is 6.24. The third kappa shape index (κ3) is 4.62. The molecular formula is C22H23ClN2O5. The number of amides is 2. The number of halogens is 1. The zero-order valence-electron chi connectivity index (χ0n) is 16.5. The predicted molar refractivity (Wildman–Crippen MR) is 113 cm³/mol. The van der Waals surface area contributed by atoms with Crippen molar-refractivity contribution in [2.24, 2.45) is 0 Å². The molecule has 2 heterocycles. The highest BCUT2D eigenvalue weighted by atomic mass is 35.5. The predicted octanol–water partition coefficient (Wildman–Crippen LogP) is 2.98. The van der Waals surface area contributed by atoms with Crippen LogP contribution in [0.15, 0.2) is 36.4 Å². The van der Waals surface area contributed by atoms with Crippen molar-refractivity contribution in [2.75, 3.05) is 37.8 Å². The number of anilines is 1. The molecule has 0 atom stereocenters. The normalized spacial score (nSPS) is 14.5. The molecule has 0 aromatic heterocycles. The van der Waals surface area contributed by atoms with Crippen molar-refractivity contribution in [1.82, 2.24) is 5.32 Å². The van der Waals surface area contributed by atoms with Gasteiger partial charge in [-0.1, -0.05) is 23.7 Å². The second kappa shape index (κ2) is 9.26. The Morgan fingerprint density at radius 2 is 1.80 bits per heavy atom. The summed E-state index contributed by atoms with van der Waals surface area (Å²) in [5.41, 5.74) is 1.70. The average molecular weight is 431 g/mol. The van der Waals surface area contributed by atoms with Crippen molar-refractivity contribution in [3.05, 3.63) is 47.0 Å². The Kier molecular flexibility index (Phi) is 6.28. The van der Waals surface area contributed by atoms with Crippen LogP contribution in [0.1, 0.15) is 18.4 Å². The van der Waals surface area contributed by atoms with E-state index in [4.69, 9.17) is 25.8 Å². The fourth-order valence-electron chi connectivity index (χ4n) is 3.53. The van der Waals surface area contributed by atoms with Gasteiger partial charge in [-0.25, -0.2) is 0 Å². The Labute approximate surface area is 179 Å². The van der Waals surface area contributed by atoms with Gasteiger partial charge in [0.15, 0.2) is 11.5 Å². The number of nitrogens with one attached hydrogen (secondary N) is 1. The number of ether oxygens (including phenoxy) is 3. The van der Waals surface area contributed by atoms with Crippen LogP contribution in [0, 0.1) is 0 Å². The number of rotatable bonds is 6. The summed E-state index contributed by atoms with van der Waals surface area (Å²) in [5.74, 6) is 1.65. The number of para-hydroxylation sites is 2. The van der Waals surface area contributed by atoms with E-state index in [0.29, 0.717) is 61.6 Å². The van der Waals surface area contributed by atoms with Gasteiger partial charge in [-0.2, -0.15) is 0 Å². The molecule has 2 amide bonds. The first-order chi connectivity index (χ1) is 14.6. The zero-order valence-corrected chi connectivity index (χ0v) is 17.2. The lowest BCUT2D eigenvalue weighted by atomic mass is 10.1. The van der Waals surface area contributed by atoms with Crippen molar-refractivity contribution >= 4 is 29.1 Å². The Morgan fingerprint density at radius 1 is 1.00 bits per heavy atom. The Morgan fingerprint density at radius 3 is 2.70 bits per heavy atom. The van der Waals surface area contributed by atoms with Crippen LogP contribution in [0.4, 0.5) is 5.69 Å². The van der Waals surface area contributed by atoms with Crippen molar-refractivity contribution < 1.29 is 23.8 Å². The monoisotopic (exact) mass is 430 g/mol. The summed E-state index contributed by atoms with van der Waals surface area (Å²) in [6.07, 6.45) is 0.892. The lowest BCUT2D eigenvalue weighted by Crippen LogP contribution is -2.38. The van der Waals surface area contributed by atoms with Crippen LogP contribution in [0.5, 0.6) is 17.2 Å². The highest BCUT2D eigenvalue weighted by Gasteiger charge is 2.23. The summed E-state index contributed by atoms with van der Waals surface area (Å²) in [4.78, 5) is 26.5. The first-order valence-electron chi connectivity index (χ1n) is 9.99. The van der Waals surface area contributed by atoms with Crippen LogP contribution in [0.3, 0.4) is 0 Å². The number of hydrogen-bond donors (Lipinski definition) is 1. The largest absolute Gasteiger partial charge is 0.490 e. The highest BCUT2D eigenvalue weighted by Crippen LogP contribution is 2.38. The van der Waals surface area contributed by atoms with Crippen LogP contribution in [-0.4, -0.2) is 44.7 Å². The molecule has 0 bridgehead atoms. The summed E-state index contributed by atoms with van der Waals surface area (Å²) in [6.45, 7) is 2.36. The number of hydrogen-bond acceptors (Lipinski definition) is 5. The maximum Gasteiger partial charge on any atom is 0.227 e. The van der Waals surface area contributed by atoms with Gasteiger partial charge < -0.3 is 24.4 Å². The van der Waals surface area contributed by atoms with Crippen LogP contribution >= 0.6 is 11.6 Å². The first kappa shape index (κ1) is 20.3. The molecule has 0 saturated heterocycles. The highest BCUT2D eigenvalue weighted by molar-refractivity contribution is 6.32. The second-order valence-corrected chi connectivity index (χ2v) is 7.47. The molecule has 4 rings (SSSR count). The molecule has 1 N–H and O–H groups in total. The van der Waals surface area contributed by atoms with Crippen molar-refractivity contribution in [3.8, 4) is 17.2 Å². The number of fused-ring (bicyclic) bond motifs is 2. The Balaban J connectivity index is 1.24. The van der Waals surface area contributed by atoms with Crippen molar-refractivity contribution in [1.29, 1.82) is 0 Å². The second-order valence-electron chi connectivity index (χ2n) is 7.06. The summed E-state index contributed by atoms with van der Waals surface area (Å²) in [7, 11) is 0. The van der Waals surface area contributed by atoms with E-state index >= 15 is 0 Å². The van der Waals surface area contributed by atoms with E-state index in [1.165, 1.54) is 0 Å². The topological polar surface area (TPSA) is 77.1 Å². The molecule has 2 aromatic rings. The van der Waals surface area contributed by atoms with E-state index < -0.39 is 0 Å². The van der Waals surface area contributed by atoms with Gasteiger partial charge in [-0.15, -0.1) is 0 Å². The Hall–Kier alpha value is -2.93. The lowest BCUT2D eigenvalue weighted by Gasteiger charge is -2.29. The maximum absolute atomic E-state index is 12.6. The van der Waals surface area contributed by atoms with Crippen LogP contribution in [-0.2, 0) is 16.0 Å². The van der Waals surface area contributed by atoms with E-state index in [0.717, 1.165) is 11.3 Å². The molecule has 2 aliphatic heterocycles. The van der Waals surface area contributed by atoms with Crippen LogP contribution in [0.25, 0.3) is 0 Å². The maximum atomic E-state index is 12.6. The van der Waals surface area contributed by atoms with Crippen molar-refractivity contribution in [2.45, 2.75) is 19.3 Å². The minimum absolute atomic E-state index is 0.0838. The molecule has 0 saturated carbocycles. The standard InChI is InChI=1S/C22H23ClN2O5/c23-16-13-15(14-19-22(16)30-12-11-29-19)7-8-24-20(26)5-6-21(27)25-9-10-28-18-4-2-1-3-17(18)25/h1-4,13-14H,5-12H2,(H,24,26). The van der Waals surface area contributed by atoms with Gasteiger partial charge in [-0.05, 0) is 36.2 Å². The molecule has 0 radical (unpaired) electrons. The molecule has 30 heavy (non-hydrogen) atoms. The van der Waals surface area contributed by atoms with Gasteiger partial charge in [0.25, 0.3) is 0 Å². The molecule has 0 unspecified atom stereocenters. The SMILES string of the molecule is O=C(CCC(=O)N1CCOc2ccccc21)NCCc1cc(Cl)c2c(c1)OCCO2. The van der Waals surface area contributed by atoms with E-state index in [-0.39, 0.29) is 24.7 Å². The molecule has 2 aromatic carbocycles. The third-order valence-electron chi connectivity index (χ3n) is 4.99. The molecule has 7 nitrogen and oxygen atoms in total. The Bertz CT molecular complexity index is 949. The zero-order chi connectivity index (χ0) is 20.9. The number of carbonyl (C=O) groups excluding carboxylic acids is 2. The van der Waals surface area contributed by atoms with Gasteiger partial charge in [0.2, 0.25) is 11.8 Å². The quantitative estimate of drug-likeness (QED) is 0.762. The number of nitrogens with zero attached hydrogens (tertiary/aromatic N) is 1. The van der Waals surface area contributed by atoms with Crippen LogP contribution in [0.2, 0.25) is 5.02 Å². The van der Waals surface area contributed by atoms with Gasteiger partial charge in [0.05, 0.1) is 17.3 Å². The molecular weight excluding hydrogens is 408 g/mol. The number of carbonyl (C=O) groups is 2. The van der Waals surface area contributed by atoms with Crippen molar-refractivity contribution in [3.63, 3.8) is 0 Å². The number of benzene rings is 2. The molecule has 0 spiro atoms. The molecule has 0 fully saturated rings. The third-order valence-corrected chi connectivity index (χ3v) is 5.27. The van der Waals surface area contributed by atoms with Gasteiger partial charge in [-0.3, -0.25) is 9.59 Å². The molecule has 158 valence electrons. The summed E-state index contributed by atoms with van der Waals surface area (Å²) in [5, 5.41) is 3.36. The summed E-state index contributed by atoms with van der Waals surface area (Å²) in [6, 6.07) is 11.1. The first-order valence-corrected chi connectivity index (χ1v) is 10.4. The fourth-order valence-corrected chi connectivity index (χ4v) is 3.82. The van der Waals surface area contributed by atoms with Gasteiger partial charge in [0, 0.05) is 19.4 Å². The molecule has 0 aliphatic carbocycles. The average Bonchev–Trinajstić information content (AvgIpc) is 2.77. The molecule has 2 aliphatic rings. The minimum atomic E-state index is -0.159. The van der Waals surface area contributed by atoms with Crippen LogP contribution < -0.4 is 24.4 Å². The fraction of sp³-hybridized carbons (Fsp3) is 0.364. The summed E-state index contributed by atoms with van der Waals surface area (Å²) < 4.78 is 16.6.